The van der Waals surface area contributed by atoms with Gasteiger partial charge in [0.1, 0.15) is 6.04 Å². The Morgan fingerprint density at radius 3 is 2.32 bits per heavy atom. The fraction of sp³-hybridized carbons (Fsp3) is 0.400. The molecule has 1 aromatic heterocycles. The Morgan fingerprint density at radius 1 is 1.37 bits per heavy atom. The van der Waals surface area contributed by atoms with Crippen molar-refractivity contribution in [2.45, 2.75) is 25.0 Å². The predicted molar refractivity (Wildman–Crippen MR) is 63.8 cm³/mol. The molecule has 9 heteroatoms. The quantitative estimate of drug-likeness (QED) is 0.684. The van der Waals surface area contributed by atoms with Crippen molar-refractivity contribution in [1.82, 2.24) is 5.32 Å². The molecule has 1 heterocycles. The summed E-state index contributed by atoms with van der Waals surface area (Å²) in [6.07, 6.45) is 0. The van der Waals surface area contributed by atoms with Gasteiger partial charge in [0, 0.05) is 0 Å². The standard InChI is InChI=1S/C10H14N2O6S/c1-5(2)8(10(14)15)12-9(13)6-3-4-7(18-6)19(11,16)17/h3-5,8H,1-2H3,(H,12,13)(H,14,15)(H2,11,16,17)/t8-/m0/s1. The van der Waals surface area contributed by atoms with Crippen LogP contribution >= 0.6 is 0 Å². The summed E-state index contributed by atoms with van der Waals surface area (Å²) < 4.78 is 26.7. The van der Waals surface area contributed by atoms with Gasteiger partial charge in [0.05, 0.1) is 0 Å². The van der Waals surface area contributed by atoms with Gasteiger partial charge in [-0.3, -0.25) is 4.79 Å². The van der Waals surface area contributed by atoms with Gasteiger partial charge < -0.3 is 14.8 Å². The molecule has 1 amide bonds. The van der Waals surface area contributed by atoms with Gasteiger partial charge in [-0.2, -0.15) is 0 Å². The number of carboxylic acids is 1. The Kier molecular flexibility index (Phi) is 4.32. The van der Waals surface area contributed by atoms with Crippen molar-refractivity contribution in [3.8, 4) is 0 Å². The van der Waals surface area contributed by atoms with Crippen molar-refractivity contribution in [2.24, 2.45) is 11.1 Å². The van der Waals surface area contributed by atoms with Crippen LogP contribution in [0.25, 0.3) is 0 Å². The van der Waals surface area contributed by atoms with Gasteiger partial charge in [0.15, 0.2) is 5.76 Å². The van der Waals surface area contributed by atoms with Crippen LogP contribution in [0.2, 0.25) is 0 Å². The zero-order valence-corrected chi connectivity index (χ0v) is 11.1. The number of carbonyl (C=O) groups is 2. The molecule has 0 saturated carbocycles. The van der Waals surface area contributed by atoms with E-state index in [0.29, 0.717) is 0 Å². The topological polar surface area (TPSA) is 140 Å². The van der Waals surface area contributed by atoms with Gasteiger partial charge in [0.2, 0.25) is 5.09 Å². The molecule has 0 aliphatic heterocycles. The van der Waals surface area contributed by atoms with E-state index in [4.69, 9.17) is 14.7 Å². The SMILES string of the molecule is CC(C)[C@H](NC(=O)c1ccc(S(N)(=O)=O)o1)C(=O)O. The highest BCUT2D eigenvalue weighted by Gasteiger charge is 2.26. The molecule has 0 bridgehead atoms. The number of primary sulfonamides is 1. The number of sulfonamides is 1. The van der Waals surface area contributed by atoms with E-state index >= 15 is 0 Å². The van der Waals surface area contributed by atoms with Crippen LogP contribution in [0.4, 0.5) is 0 Å². The van der Waals surface area contributed by atoms with Crippen LogP contribution in [0.15, 0.2) is 21.6 Å². The lowest BCUT2D eigenvalue weighted by atomic mass is 10.0. The fourth-order valence-electron chi connectivity index (χ4n) is 1.32. The zero-order valence-electron chi connectivity index (χ0n) is 10.3. The molecule has 0 aliphatic rings. The maximum absolute atomic E-state index is 11.7. The Bertz CT molecular complexity index is 589. The second-order valence-corrected chi connectivity index (χ2v) is 5.69. The van der Waals surface area contributed by atoms with Crippen molar-refractivity contribution in [3.63, 3.8) is 0 Å². The van der Waals surface area contributed by atoms with Gasteiger partial charge in [-0.15, -0.1) is 0 Å². The normalized spacial score (nSPS) is 13.3. The first kappa shape index (κ1) is 15.2. The average molecular weight is 290 g/mol. The maximum atomic E-state index is 11.7. The number of carboxylic acid groups (broad SMARTS) is 1. The van der Waals surface area contributed by atoms with E-state index in [1.807, 2.05) is 0 Å². The van der Waals surface area contributed by atoms with Crippen LogP contribution < -0.4 is 10.5 Å². The van der Waals surface area contributed by atoms with E-state index in [9.17, 15) is 18.0 Å². The number of furan rings is 1. The number of nitrogens with one attached hydrogen (secondary N) is 1. The van der Waals surface area contributed by atoms with Crippen LogP contribution in [0.5, 0.6) is 0 Å². The molecule has 8 nitrogen and oxygen atoms in total. The lowest BCUT2D eigenvalue weighted by molar-refractivity contribution is -0.140. The lowest BCUT2D eigenvalue weighted by Crippen LogP contribution is -2.44. The van der Waals surface area contributed by atoms with E-state index in [0.717, 1.165) is 12.1 Å². The number of hydrogen-bond acceptors (Lipinski definition) is 5. The van der Waals surface area contributed by atoms with Crippen molar-refractivity contribution in [2.75, 3.05) is 0 Å². The van der Waals surface area contributed by atoms with Crippen LogP contribution in [0, 0.1) is 5.92 Å². The summed E-state index contributed by atoms with van der Waals surface area (Å²) >= 11 is 0. The molecular weight excluding hydrogens is 276 g/mol. The molecule has 0 spiro atoms. The summed E-state index contributed by atoms with van der Waals surface area (Å²) in [6.45, 7) is 3.24. The third-order valence-electron chi connectivity index (χ3n) is 2.30. The highest BCUT2D eigenvalue weighted by atomic mass is 32.2. The second kappa shape index (κ2) is 5.41. The molecule has 0 fully saturated rings. The largest absolute Gasteiger partial charge is 0.480 e. The molecule has 4 N–H and O–H groups in total. The van der Waals surface area contributed by atoms with E-state index in [1.54, 1.807) is 13.8 Å². The predicted octanol–water partition coefficient (Wildman–Crippen LogP) is -0.234. The Balaban J connectivity index is 2.90. The lowest BCUT2D eigenvalue weighted by Gasteiger charge is -2.16. The van der Waals surface area contributed by atoms with Crippen molar-refractivity contribution >= 4 is 21.9 Å². The molecule has 0 radical (unpaired) electrons. The minimum absolute atomic E-state index is 0.323. The molecule has 0 aromatic carbocycles. The third kappa shape index (κ3) is 3.80. The summed E-state index contributed by atoms with van der Waals surface area (Å²) in [6, 6.07) is 1.03. The van der Waals surface area contributed by atoms with Crippen LogP contribution in [0.1, 0.15) is 24.4 Å². The minimum Gasteiger partial charge on any atom is -0.480 e. The summed E-state index contributed by atoms with van der Waals surface area (Å²) in [7, 11) is -4.04. The number of aliphatic carboxylic acids is 1. The summed E-state index contributed by atoms with van der Waals surface area (Å²) in [5.74, 6) is -2.68. The molecule has 1 aromatic rings. The summed E-state index contributed by atoms with van der Waals surface area (Å²) in [5, 5.41) is 15.4. The Hall–Kier alpha value is -1.87. The molecule has 1 rings (SSSR count). The first-order valence-corrected chi connectivity index (χ1v) is 6.84. The van der Waals surface area contributed by atoms with E-state index < -0.39 is 33.0 Å². The van der Waals surface area contributed by atoms with Gasteiger partial charge in [-0.05, 0) is 18.1 Å². The van der Waals surface area contributed by atoms with Gasteiger partial charge in [-0.25, -0.2) is 18.4 Å². The van der Waals surface area contributed by atoms with E-state index in [-0.39, 0.29) is 11.7 Å². The Labute approximate surface area is 109 Å². The number of nitrogens with two attached hydrogens (primary N) is 1. The molecule has 0 saturated heterocycles. The summed E-state index contributed by atoms with van der Waals surface area (Å²) in [4.78, 5) is 22.6. The second-order valence-electron chi connectivity index (χ2n) is 4.20. The molecular formula is C10H14N2O6S. The first-order valence-electron chi connectivity index (χ1n) is 5.29. The number of rotatable bonds is 5. The molecule has 1 atom stereocenters. The monoisotopic (exact) mass is 290 g/mol. The molecule has 0 aliphatic carbocycles. The summed E-state index contributed by atoms with van der Waals surface area (Å²) in [5.41, 5.74) is 0. The van der Waals surface area contributed by atoms with Gasteiger partial charge >= 0.3 is 5.97 Å². The van der Waals surface area contributed by atoms with Crippen LogP contribution in [-0.4, -0.2) is 31.4 Å². The van der Waals surface area contributed by atoms with E-state index in [1.165, 1.54) is 0 Å². The fourth-order valence-corrected chi connectivity index (χ4v) is 1.78. The molecule has 106 valence electrons. The van der Waals surface area contributed by atoms with E-state index in [2.05, 4.69) is 5.32 Å². The highest BCUT2D eigenvalue weighted by molar-refractivity contribution is 7.89. The highest BCUT2D eigenvalue weighted by Crippen LogP contribution is 2.13. The zero-order chi connectivity index (χ0) is 14.8. The maximum Gasteiger partial charge on any atom is 0.326 e. The molecule has 0 unspecified atom stereocenters. The van der Waals surface area contributed by atoms with Crippen LogP contribution in [-0.2, 0) is 14.8 Å². The third-order valence-corrected chi connectivity index (χ3v) is 3.09. The first-order chi connectivity index (χ1) is 8.62. The smallest absolute Gasteiger partial charge is 0.326 e. The molecule has 19 heavy (non-hydrogen) atoms. The van der Waals surface area contributed by atoms with Crippen molar-refractivity contribution in [1.29, 1.82) is 0 Å². The van der Waals surface area contributed by atoms with Crippen molar-refractivity contribution in [3.05, 3.63) is 17.9 Å². The Morgan fingerprint density at radius 2 is 1.95 bits per heavy atom. The van der Waals surface area contributed by atoms with Crippen LogP contribution in [0.3, 0.4) is 0 Å². The average Bonchev–Trinajstić information content (AvgIpc) is 2.73. The number of hydrogen-bond donors (Lipinski definition) is 3. The van der Waals surface area contributed by atoms with Crippen molar-refractivity contribution < 1.29 is 27.5 Å². The number of amides is 1. The van der Waals surface area contributed by atoms with Gasteiger partial charge in [0.25, 0.3) is 15.9 Å². The number of carbonyl (C=O) groups excluding carboxylic acids is 1. The van der Waals surface area contributed by atoms with Gasteiger partial charge in [-0.1, -0.05) is 13.8 Å². The minimum atomic E-state index is -4.04.